The highest BCUT2D eigenvalue weighted by molar-refractivity contribution is 5.95. The van der Waals surface area contributed by atoms with Crippen molar-refractivity contribution in [1.29, 1.82) is 0 Å². The number of amides is 3. The normalized spacial score (nSPS) is 20.0. The summed E-state index contributed by atoms with van der Waals surface area (Å²) in [6.07, 6.45) is 4.66. The number of carbonyl (C=O) groups is 2. The molecular weight excluding hydrogens is 364 g/mol. The maximum atomic E-state index is 13.0. The zero-order valence-corrected chi connectivity index (χ0v) is 18.5. The standard InChI is InChI=1S/C23H36N4O2/c1-18-14-19(2)16-20(15-18)22(28)26-11-8-21(17-26)27(23(29)24(3)4)13-12-25-9-6-5-7-10-25/h14-16,21H,5-13,17H2,1-4H3. The van der Waals surface area contributed by atoms with Crippen LogP contribution in [-0.2, 0) is 0 Å². The van der Waals surface area contributed by atoms with Gasteiger partial charge in [0.1, 0.15) is 0 Å². The second-order valence-corrected chi connectivity index (χ2v) is 8.84. The quantitative estimate of drug-likeness (QED) is 0.763. The van der Waals surface area contributed by atoms with E-state index in [4.69, 9.17) is 0 Å². The molecule has 0 aliphatic carbocycles. The van der Waals surface area contributed by atoms with Crippen LogP contribution in [0.4, 0.5) is 4.79 Å². The molecule has 0 bridgehead atoms. The molecule has 0 aromatic heterocycles. The Balaban J connectivity index is 1.65. The molecule has 1 aromatic rings. The minimum absolute atomic E-state index is 0.0488. The van der Waals surface area contributed by atoms with E-state index >= 15 is 0 Å². The molecule has 1 unspecified atom stereocenters. The molecule has 2 heterocycles. The van der Waals surface area contributed by atoms with Crippen LogP contribution in [0.15, 0.2) is 18.2 Å². The van der Waals surface area contributed by atoms with Crippen LogP contribution in [0.5, 0.6) is 0 Å². The van der Waals surface area contributed by atoms with E-state index in [-0.39, 0.29) is 18.0 Å². The first-order valence-corrected chi connectivity index (χ1v) is 10.9. The van der Waals surface area contributed by atoms with Crippen molar-refractivity contribution in [3.05, 3.63) is 34.9 Å². The van der Waals surface area contributed by atoms with Crippen LogP contribution >= 0.6 is 0 Å². The van der Waals surface area contributed by atoms with Gasteiger partial charge in [0.25, 0.3) is 5.91 Å². The molecule has 0 N–H and O–H groups in total. The van der Waals surface area contributed by atoms with Crippen LogP contribution in [0.25, 0.3) is 0 Å². The smallest absolute Gasteiger partial charge is 0.319 e. The molecular formula is C23H36N4O2. The molecule has 0 saturated carbocycles. The maximum absolute atomic E-state index is 13.0. The van der Waals surface area contributed by atoms with Crippen molar-refractivity contribution in [2.24, 2.45) is 0 Å². The lowest BCUT2D eigenvalue weighted by atomic mass is 10.1. The van der Waals surface area contributed by atoms with Gasteiger partial charge in [0.05, 0.1) is 6.04 Å². The summed E-state index contributed by atoms with van der Waals surface area (Å²) in [5, 5.41) is 0. The Morgan fingerprint density at radius 2 is 1.66 bits per heavy atom. The minimum atomic E-state index is 0.0488. The second-order valence-electron chi connectivity index (χ2n) is 8.84. The number of nitrogens with zero attached hydrogens (tertiary/aromatic N) is 4. The number of rotatable bonds is 5. The highest BCUT2D eigenvalue weighted by atomic mass is 16.2. The fourth-order valence-corrected chi connectivity index (χ4v) is 4.58. The zero-order chi connectivity index (χ0) is 21.0. The lowest BCUT2D eigenvalue weighted by Gasteiger charge is -2.34. The van der Waals surface area contributed by atoms with Crippen LogP contribution < -0.4 is 0 Å². The first kappa shape index (κ1) is 21.6. The summed E-state index contributed by atoms with van der Waals surface area (Å²) in [5.41, 5.74) is 2.96. The monoisotopic (exact) mass is 400 g/mol. The summed E-state index contributed by atoms with van der Waals surface area (Å²) >= 11 is 0. The number of aryl methyl sites for hydroxylation is 2. The van der Waals surface area contributed by atoms with Crippen LogP contribution in [0.1, 0.15) is 47.2 Å². The van der Waals surface area contributed by atoms with Gasteiger partial charge in [-0.3, -0.25) is 4.79 Å². The third kappa shape index (κ3) is 5.50. The van der Waals surface area contributed by atoms with Gasteiger partial charge in [-0.15, -0.1) is 0 Å². The lowest BCUT2D eigenvalue weighted by Crippen LogP contribution is -2.50. The molecule has 2 saturated heterocycles. The predicted molar refractivity (Wildman–Crippen MR) is 116 cm³/mol. The second kappa shape index (κ2) is 9.61. The third-order valence-corrected chi connectivity index (χ3v) is 6.09. The van der Waals surface area contributed by atoms with E-state index in [2.05, 4.69) is 11.0 Å². The maximum Gasteiger partial charge on any atom is 0.319 e. The molecule has 2 fully saturated rings. The number of hydrogen-bond acceptors (Lipinski definition) is 3. The van der Waals surface area contributed by atoms with Gasteiger partial charge >= 0.3 is 6.03 Å². The fourth-order valence-electron chi connectivity index (χ4n) is 4.58. The van der Waals surface area contributed by atoms with Gasteiger partial charge in [0, 0.05) is 45.8 Å². The SMILES string of the molecule is Cc1cc(C)cc(C(=O)N2CCC(N(CCN3CCCCC3)C(=O)N(C)C)C2)c1. The van der Waals surface area contributed by atoms with E-state index in [0.717, 1.165) is 49.3 Å². The van der Waals surface area contributed by atoms with Crippen LogP contribution in [-0.4, -0.2) is 90.9 Å². The molecule has 1 atom stereocenters. The predicted octanol–water partition coefficient (Wildman–Crippen LogP) is 2.99. The summed E-state index contributed by atoms with van der Waals surface area (Å²) in [6, 6.07) is 6.14. The number of likely N-dealkylation sites (tertiary alicyclic amines) is 2. The summed E-state index contributed by atoms with van der Waals surface area (Å²) in [6.45, 7) is 9.28. The number of urea groups is 1. The highest BCUT2D eigenvalue weighted by Crippen LogP contribution is 2.21. The summed E-state index contributed by atoms with van der Waals surface area (Å²) in [7, 11) is 3.62. The average Bonchev–Trinajstić information content (AvgIpc) is 3.17. The molecule has 3 rings (SSSR count). The molecule has 1 aromatic carbocycles. The topological polar surface area (TPSA) is 47.1 Å². The van der Waals surface area contributed by atoms with Crippen LogP contribution in [0.2, 0.25) is 0 Å². The Morgan fingerprint density at radius 1 is 1.00 bits per heavy atom. The number of carbonyl (C=O) groups excluding carboxylic acids is 2. The van der Waals surface area contributed by atoms with E-state index in [0.29, 0.717) is 13.1 Å². The van der Waals surface area contributed by atoms with E-state index in [9.17, 15) is 9.59 Å². The van der Waals surface area contributed by atoms with Crippen molar-refractivity contribution in [3.63, 3.8) is 0 Å². The Hall–Kier alpha value is -2.08. The summed E-state index contributed by atoms with van der Waals surface area (Å²) in [4.78, 5) is 33.9. The molecule has 6 heteroatoms. The van der Waals surface area contributed by atoms with Crippen molar-refractivity contribution < 1.29 is 9.59 Å². The molecule has 2 aliphatic rings. The van der Waals surface area contributed by atoms with Crippen molar-refractivity contribution in [3.8, 4) is 0 Å². The fraction of sp³-hybridized carbons (Fsp3) is 0.652. The molecule has 2 aliphatic heterocycles. The van der Waals surface area contributed by atoms with Gasteiger partial charge in [0.2, 0.25) is 0 Å². The Morgan fingerprint density at radius 3 is 2.28 bits per heavy atom. The average molecular weight is 401 g/mol. The van der Waals surface area contributed by atoms with Gasteiger partial charge in [-0.2, -0.15) is 0 Å². The van der Waals surface area contributed by atoms with Crippen molar-refractivity contribution >= 4 is 11.9 Å². The van der Waals surface area contributed by atoms with Crippen molar-refractivity contribution in [2.45, 2.75) is 45.6 Å². The largest absolute Gasteiger partial charge is 0.337 e. The third-order valence-electron chi connectivity index (χ3n) is 6.09. The lowest BCUT2D eigenvalue weighted by molar-refractivity contribution is 0.0773. The Bertz CT molecular complexity index is 707. The number of benzene rings is 1. The molecule has 6 nitrogen and oxygen atoms in total. The Labute approximate surface area is 175 Å². The van der Waals surface area contributed by atoms with Gasteiger partial charge in [-0.05, 0) is 58.3 Å². The number of hydrogen-bond donors (Lipinski definition) is 0. The van der Waals surface area contributed by atoms with Gasteiger partial charge in [0.15, 0.2) is 0 Å². The van der Waals surface area contributed by atoms with Crippen molar-refractivity contribution in [2.75, 3.05) is 53.4 Å². The van der Waals surface area contributed by atoms with E-state index in [1.807, 2.05) is 49.9 Å². The first-order chi connectivity index (χ1) is 13.8. The van der Waals surface area contributed by atoms with Crippen molar-refractivity contribution in [1.82, 2.24) is 19.6 Å². The summed E-state index contributed by atoms with van der Waals surface area (Å²) in [5.74, 6) is 0.0765. The van der Waals surface area contributed by atoms with Crippen LogP contribution in [0.3, 0.4) is 0 Å². The number of piperidine rings is 1. The molecule has 0 spiro atoms. The summed E-state index contributed by atoms with van der Waals surface area (Å²) < 4.78 is 0. The first-order valence-electron chi connectivity index (χ1n) is 10.9. The highest BCUT2D eigenvalue weighted by Gasteiger charge is 2.34. The molecule has 3 amide bonds. The van der Waals surface area contributed by atoms with E-state index < -0.39 is 0 Å². The van der Waals surface area contributed by atoms with Crippen LogP contribution in [0, 0.1) is 13.8 Å². The molecule has 0 radical (unpaired) electrons. The Kier molecular flexibility index (Phi) is 7.17. The van der Waals surface area contributed by atoms with Gasteiger partial charge < -0.3 is 19.6 Å². The van der Waals surface area contributed by atoms with Gasteiger partial charge in [-0.1, -0.05) is 23.6 Å². The van der Waals surface area contributed by atoms with E-state index in [1.54, 1.807) is 4.90 Å². The van der Waals surface area contributed by atoms with Gasteiger partial charge in [-0.25, -0.2) is 4.79 Å². The minimum Gasteiger partial charge on any atom is -0.337 e. The van der Waals surface area contributed by atoms with E-state index in [1.165, 1.54) is 19.3 Å². The molecule has 29 heavy (non-hydrogen) atoms. The zero-order valence-electron chi connectivity index (χ0n) is 18.5. The molecule has 160 valence electrons.